The van der Waals surface area contributed by atoms with Crippen LogP contribution >= 0.6 is 0 Å². The lowest BCUT2D eigenvalue weighted by Crippen LogP contribution is -1.90. The fourth-order valence-corrected chi connectivity index (χ4v) is 1.47. The van der Waals surface area contributed by atoms with Gasteiger partial charge in [-0.3, -0.25) is 10.1 Å². The molecule has 0 aliphatic heterocycles. The summed E-state index contributed by atoms with van der Waals surface area (Å²) in [5, 5.41) is 23.5. The van der Waals surface area contributed by atoms with Crippen molar-refractivity contribution in [3.05, 3.63) is 51.4 Å². The second kappa shape index (κ2) is 4.70. The van der Waals surface area contributed by atoms with Gasteiger partial charge in [0.25, 0.3) is 0 Å². The maximum absolute atomic E-state index is 10.8. The second-order valence-corrected chi connectivity index (χ2v) is 3.66. The molecule has 0 spiro atoms. The van der Waals surface area contributed by atoms with Crippen molar-refractivity contribution in [1.29, 1.82) is 0 Å². The van der Waals surface area contributed by atoms with Crippen LogP contribution < -0.4 is 0 Å². The minimum Gasteiger partial charge on any atom is -0.508 e. The number of phenolic OH excluding ortho intramolecular Hbond substituents is 1. The van der Waals surface area contributed by atoms with Gasteiger partial charge in [-0.05, 0) is 30.7 Å². The van der Waals surface area contributed by atoms with Crippen LogP contribution in [0.3, 0.4) is 0 Å². The first-order valence-corrected chi connectivity index (χ1v) is 5.15. The highest BCUT2D eigenvalue weighted by Gasteiger charge is 2.21. The molecule has 18 heavy (non-hydrogen) atoms. The van der Waals surface area contributed by atoms with Crippen LogP contribution in [0.25, 0.3) is 12.2 Å². The van der Waals surface area contributed by atoms with Crippen LogP contribution in [-0.2, 0) is 0 Å². The summed E-state index contributed by atoms with van der Waals surface area (Å²) < 4.78 is 4.87. The molecule has 0 fully saturated rings. The third kappa shape index (κ3) is 2.37. The summed E-state index contributed by atoms with van der Waals surface area (Å²) in [6, 6.07) is 6.42. The number of hydrogen-bond donors (Lipinski definition) is 1. The smallest absolute Gasteiger partial charge is 0.338 e. The lowest BCUT2D eigenvalue weighted by Gasteiger charge is -1.93. The van der Waals surface area contributed by atoms with Gasteiger partial charge in [0.1, 0.15) is 5.75 Å². The molecule has 2 aromatic rings. The Morgan fingerprint density at radius 3 is 2.61 bits per heavy atom. The van der Waals surface area contributed by atoms with Crippen molar-refractivity contribution in [2.45, 2.75) is 6.92 Å². The Morgan fingerprint density at radius 1 is 1.33 bits per heavy atom. The van der Waals surface area contributed by atoms with E-state index >= 15 is 0 Å². The fourth-order valence-electron chi connectivity index (χ4n) is 1.47. The number of aromatic nitrogens is 1. The largest absolute Gasteiger partial charge is 0.508 e. The number of phenols is 1. The molecule has 1 aromatic carbocycles. The van der Waals surface area contributed by atoms with Crippen molar-refractivity contribution in [2.24, 2.45) is 0 Å². The Kier molecular flexibility index (Phi) is 3.09. The Morgan fingerprint density at radius 2 is 2.00 bits per heavy atom. The number of aromatic hydroxyl groups is 1. The van der Waals surface area contributed by atoms with Crippen molar-refractivity contribution in [1.82, 2.24) is 5.16 Å². The Hall–Kier alpha value is -2.63. The van der Waals surface area contributed by atoms with Gasteiger partial charge in [0.2, 0.25) is 5.76 Å². The molecule has 1 aromatic heterocycles. The van der Waals surface area contributed by atoms with Gasteiger partial charge in [0.15, 0.2) is 5.69 Å². The van der Waals surface area contributed by atoms with E-state index in [9.17, 15) is 10.1 Å². The molecule has 0 aliphatic carbocycles. The molecule has 0 saturated heterocycles. The lowest BCUT2D eigenvalue weighted by atomic mass is 10.2. The minimum atomic E-state index is -0.525. The zero-order valence-corrected chi connectivity index (χ0v) is 9.53. The van der Waals surface area contributed by atoms with Gasteiger partial charge in [-0.1, -0.05) is 23.4 Å². The number of nitrogens with zero attached hydrogens (tertiary/aromatic N) is 2. The first-order valence-electron chi connectivity index (χ1n) is 5.15. The fraction of sp³-hybridized carbons (Fsp3) is 0.0833. The van der Waals surface area contributed by atoms with Crippen molar-refractivity contribution in [2.75, 3.05) is 0 Å². The van der Waals surface area contributed by atoms with Gasteiger partial charge in [-0.15, -0.1) is 0 Å². The number of aryl methyl sites for hydroxylation is 1. The Bertz CT molecular complexity index is 599. The highest BCUT2D eigenvalue weighted by Crippen LogP contribution is 2.24. The number of rotatable bonds is 3. The standard InChI is InChI=1S/C12H10N2O4/c1-8-12(14(16)17)11(18-13-8)7-4-9-2-5-10(15)6-3-9/h2-7,15H,1H3/b7-4+. The average Bonchev–Trinajstić information content (AvgIpc) is 2.70. The maximum atomic E-state index is 10.8. The van der Waals surface area contributed by atoms with Gasteiger partial charge >= 0.3 is 5.69 Å². The number of hydrogen-bond acceptors (Lipinski definition) is 5. The summed E-state index contributed by atoms with van der Waals surface area (Å²) in [6.07, 6.45) is 3.12. The van der Waals surface area contributed by atoms with Crippen molar-refractivity contribution in [3.63, 3.8) is 0 Å². The van der Waals surface area contributed by atoms with Crippen LogP contribution in [0, 0.1) is 17.0 Å². The molecule has 92 valence electrons. The molecule has 0 amide bonds. The zero-order valence-electron chi connectivity index (χ0n) is 9.53. The molecule has 0 aliphatic rings. The molecule has 6 heteroatoms. The predicted molar refractivity (Wildman–Crippen MR) is 64.9 cm³/mol. The van der Waals surface area contributed by atoms with E-state index in [4.69, 9.17) is 9.63 Å². The molecule has 0 unspecified atom stereocenters. The monoisotopic (exact) mass is 246 g/mol. The summed E-state index contributed by atoms with van der Waals surface area (Å²) in [7, 11) is 0. The quantitative estimate of drug-likeness (QED) is 0.664. The maximum Gasteiger partial charge on any atom is 0.338 e. The van der Waals surface area contributed by atoms with Crippen molar-refractivity contribution < 1.29 is 14.6 Å². The van der Waals surface area contributed by atoms with Crippen LogP contribution in [0.4, 0.5) is 5.69 Å². The van der Waals surface area contributed by atoms with E-state index in [0.29, 0.717) is 0 Å². The second-order valence-electron chi connectivity index (χ2n) is 3.66. The van der Waals surface area contributed by atoms with E-state index in [1.165, 1.54) is 25.1 Å². The van der Waals surface area contributed by atoms with Crippen LogP contribution in [0.15, 0.2) is 28.8 Å². The van der Waals surface area contributed by atoms with Crippen LogP contribution in [0.2, 0.25) is 0 Å². The molecule has 1 N–H and O–H groups in total. The van der Waals surface area contributed by atoms with E-state index in [2.05, 4.69) is 5.16 Å². The van der Waals surface area contributed by atoms with Crippen LogP contribution in [-0.4, -0.2) is 15.2 Å². The van der Waals surface area contributed by atoms with E-state index in [1.807, 2.05) is 0 Å². The summed E-state index contributed by atoms with van der Waals surface area (Å²) in [4.78, 5) is 10.3. The first kappa shape index (κ1) is 11.8. The van der Waals surface area contributed by atoms with E-state index in [1.54, 1.807) is 18.2 Å². The van der Waals surface area contributed by atoms with Crippen molar-refractivity contribution >= 4 is 17.8 Å². The van der Waals surface area contributed by atoms with Gasteiger partial charge in [0.05, 0.1) is 4.92 Å². The van der Waals surface area contributed by atoms with Gasteiger partial charge in [0, 0.05) is 0 Å². The molecule has 0 atom stereocenters. The lowest BCUT2D eigenvalue weighted by molar-refractivity contribution is -0.386. The van der Waals surface area contributed by atoms with E-state index in [-0.39, 0.29) is 22.9 Å². The molecule has 2 rings (SSSR count). The van der Waals surface area contributed by atoms with E-state index in [0.717, 1.165) is 5.56 Å². The third-order valence-electron chi connectivity index (χ3n) is 2.36. The zero-order chi connectivity index (χ0) is 13.1. The van der Waals surface area contributed by atoms with Crippen LogP contribution in [0.5, 0.6) is 5.75 Å². The summed E-state index contributed by atoms with van der Waals surface area (Å²) >= 11 is 0. The first-order chi connectivity index (χ1) is 8.58. The van der Waals surface area contributed by atoms with Crippen molar-refractivity contribution in [3.8, 4) is 5.75 Å². The minimum absolute atomic E-state index is 0.102. The molecule has 6 nitrogen and oxygen atoms in total. The number of benzene rings is 1. The molecule has 0 saturated carbocycles. The third-order valence-corrected chi connectivity index (χ3v) is 2.36. The molecule has 1 heterocycles. The highest BCUT2D eigenvalue weighted by molar-refractivity contribution is 5.71. The topological polar surface area (TPSA) is 89.4 Å². The van der Waals surface area contributed by atoms with E-state index < -0.39 is 4.92 Å². The molecule has 0 bridgehead atoms. The normalized spacial score (nSPS) is 10.9. The highest BCUT2D eigenvalue weighted by atomic mass is 16.6. The van der Waals surface area contributed by atoms with Gasteiger partial charge in [-0.2, -0.15) is 0 Å². The SMILES string of the molecule is Cc1noc(/C=C/c2ccc(O)cc2)c1[N+](=O)[O-]. The average molecular weight is 246 g/mol. The molecular formula is C12H10N2O4. The summed E-state index contributed by atoms with van der Waals surface area (Å²) in [6.45, 7) is 1.51. The predicted octanol–water partition coefficient (Wildman–Crippen LogP) is 2.77. The molecular weight excluding hydrogens is 236 g/mol. The van der Waals surface area contributed by atoms with Gasteiger partial charge < -0.3 is 9.63 Å². The summed E-state index contributed by atoms with van der Waals surface area (Å²) in [5.41, 5.74) is 0.895. The Balaban J connectivity index is 2.29. The van der Waals surface area contributed by atoms with Crippen LogP contribution in [0.1, 0.15) is 17.0 Å². The van der Waals surface area contributed by atoms with Gasteiger partial charge in [-0.25, -0.2) is 0 Å². The Labute approximate surface area is 102 Å². The number of nitro groups is 1. The molecule has 0 radical (unpaired) electrons. The summed E-state index contributed by atoms with van der Waals surface area (Å²) in [5.74, 6) is 0.263.